The van der Waals surface area contributed by atoms with Crippen LogP contribution in [-0.4, -0.2) is 25.8 Å². The minimum absolute atomic E-state index is 0.0836. The molecule has 0 radical (unpaired) electrons. The summed E-state index contributed by atoms with van der Waals surface area (Å²) in [7, 11) is 1.34. The molecule has 0 bridgehead atoms. The van der Waals surface area contributed by atoms with Crippen molar-refractivity contribution in [2.75, 3.05) is 13.8 Å². The Kier molecular flexibility index (Phi) is 7.49. The summed E-state index contributed by atoms with van der Waals surface area (Å²) in [6.45, 7) is 2.57. The number of hydrogen-bond acceptors (Lipinski definition) is 4. The number of ether oxygens (including phenoxy) is 2. The number of hydrogen-bond donors (Lipinski definition) is 2. The van der Waals surface area contributed by atoms with Crippen LogP contribution < -0.4 is 15.4 Å². The minimum Gasteiger partial charge on any atom is -0.473 e. The summed E-state index contributed by atoms with van der Waals surface area (Å²) in [6.07, 6.45) is 2.15. The molecule has 0 spiro atoms. The van der Waals surface area contributed by atoms with Gasteiger partial charge in [-0.05, 0) is 41.8 Å². The van der Waals surface area contributed by atoms with E-state index in [1.807, 2.05) is 24.3 Å². The van der Waals surface area contributed by atoms with Gasteiger partial charge in [-0.3, -0.25) is 0 Å². The van der Waals surface area contributed by atoms with Gasteiger partial charge in [0.25, 0.3) is 0 Å². The second-order valence-electron chi connectivity index (χ2n) is 5.73. The summed E-state index contributed by atoms with van der Waals surface area (Å²) in [5.41, 5.74) is 2.61. The summed E-state index contributed by atoms with van der Waals surface area (Å²) in [5, 5.41) is 5.36. The molecule has 26 heavy (non-hydrogen) atoms. The lowest BCUT2D eigenvalue weighted by molar-refractivity contribution is 0.0600. The number of methoxy groups -OCH3 is 1. The molecule has 0 aromatic heterocycles. The van der Waals surface area contributed by atoms with Gasteiger partial charge in [0.05, 0.1) is 12.7 Å². The highest BCUT2D eigenvalue weighted by atomic mass is 16.5. The molecule has 2 N–H and O–H groups in total. The van der Waals surface area contributed by atoms with Crippen molar-refractivity contribution in [3.63, 3.8) is 0 Å². The van der Waals surface area contributed by atoms with Crippen molar-refractivity contribution in [1.29, 1.82) is 0 Å². The second kappa shape index (κ2) is 10.1. The van der Waals surface area contributed by atoms with Crippen molar-refractivity contribution in [3.05, 3.63) is 65.2 Å². The number of benzene rings is 2. The lowest BCUT2D eigenvalue weighted by Gasteiger charge is -2.10. The van der Waals surface area contributed by atoms with E-state index >= 15 is 0 Å². The molecule has 0 saturated heterocycles. The first kappa shape index (κ1) is 19.3. The van der Waals surface area contributed by atoms with E-state index in [1.54, 1.807) is 24.3 Å². The van der Waals surface area contributed by atoms with Crippen molar-refractivity contribution in [1.82, 2.24) is 10.6 Å². The Bertz CT molecular complexity index is 712. The van der Waals surface area contributed by atoms with Crippen LogP contribution in [0.15, 0.2) is 48.5 Å². The standard InChI is InChI=1S/C20H24N2O4/c1-3-4-15-7-11-18(12-8-15)26-14-22-20(24)21-13-16-5-9-17(10-6-16)19(23)25-2/h5-12H,3-4,13-14H2,1-2H3,(H2,21,22,24). The fraction of sp³-hybridized carbons (Fsp3) is 0.300. The van der Waals surface area contributed by atoms with Crippen molar-refractivity contribution in [2.24, 2.45) is 0 Å². The van der Waals surface area contributed by atoms with Crippen LogP contribution in [0, 0.1) is 0 Å². The Morgan fingerprint density at radius 1 is 0.923 bits per heavy atom. The fourth-order valence-corrected chi connectivity index (χ4v) is 2.35. The van der Waals surface area contributed by atoms with Gasteiger partial charge < -0.3 is 20.1 Å². The molecule has 138 valence electrons. The van der Waals surface area contributed by atoms with E-state index in [2.05, 4.69) is 22.3 Å². The molecule has 0 aliphatic carbocycles. The lowest BCUT2D eigenvalue weighted by Crippen LogP contribution is -2.37. The Labute approximate surface area is 153 Å². The number of rotatable bonds is 8. The fourth-order valence-electron chi connectivity index (χ4n) is 2.35. The number of carbonyl (C=O) groups is 2. The second-order valence-corrected chi connectivity index (χ2v) is 5.73. The summed E-state index contributed by atoms with van der Waals surface area (Å²) >= 11 is 0. The molecule has 6 heteroatoms. The van der Waals surface area contributed by atoms with Gasteiger partial charge in [-0.15, -0.1) is 0 Å². The maximum absolute atomic E-state index is 11.8. The molecule has 6 nitrogen and oxygen atoms in total. The SMILES string of the molecule is CCCc1ccc(OCNC(=O)NCc2ccc(C(=O)OC)cc2)cc1. The molecule has 2 aromatic carbocycles. The summed E-state index contributed by atoms with van der Waals surface area (Å²) in [5.74, 6) is 0.325. The minimum atomic E-state index is -0.387. The van der Waals surface area contributed by atoms with Gasteiger partial charge in [-0.1, -0.05) is 37.6 Å². The largest absolute Gasteiger partial charge is 0.473 e. The van der Waals surface area contributed by atoms with Crippen LogP contribution in [0.25, 0.3) is 0 Å². The van der Waals surface area contributed by atoms with E-state index in [9.17, 15) is 9.59 Å². The molecule has 0 aliphatic rings. The highest BCUT2D eigenvalue weighted by Crippen LogP contribution is 2.12. The van der Waals surface area contributed by atoms with E-state index in [-0.39, 0.29) is 18.7 Å². The average molecular weight is 356 g/mol. The van der Waals surface area contributed by atoms with Gasteiger partial charge in [-0.25, -0.2) is 9.59 Å². The van der Waals surface area contributed by atoms with Crippen LogP contribution in [0.5, 0.6) is 5.75 Å². The molecule has 0 heterocycles. The first-order valence-corrected chi connectivity index (χ1v) is 8.53. The van der Waals surface area contributed by atoms with Crippen LogP contribution in [0.2, 0.25) is 0 Å². The zero-order chi connectivity index (χ0) is 18.8. The Balaban J connectivity index is 1.69. The van der Waals surface area contributed by atoms with E-state index in [0.29, 0.717) is 17.9 Å². The third kappa shape index (κ3) is 6.12. The first-order valence-electron chi connectivity index (χ1n) is 8.53. The molecular weight excluding hydrogens is 332 g/mol. The van der Waals surface area contributed by atoms with Gasteiger partial charge in [0.1, 0.15) is 5.75 Å². The van der Waals surface area contributed by atoms with Gasteiger partial charge in [0.15, 0.2) is 6.73 Å². The van der Waals surface area contributed by atoms with Gasteiger partial charge >= 0.3 is 12.0 Å². The van der Waals surface area contributed by atoms with Gasteiger partial charge in [-0.2, -0.15) is 0 Å². The predicted octanol–water partition coefficient (Wildman–Crippen LogP) is 3.26. The van der Waals surface area contributed by atoms with Crippen LogP contribution in [-0.2, 0) is 17.7 Å². The maximum Gasteiger partial charge on any atom is 0.337 e. The Morgan fingerprint density at radius 3 is 2.19 bits per heavy atom. The van der Waals surface area contributed by atoms with E-state index in [1.165, 1.54) is 12.7 Å². The van der Waals surface area contributed by atoms with Gasteiger partial charge in [0.2, 0.25) is 0 Å². The normalized spacial score (nSPS) is 10.1. The molecule has 2 amide bonds. The predicted molar refractivity (Wildman–Crippen MR) is 99.1 cm³/mol. The number of aryl methyl sites for hydroxylation is 1. The molecule has 0 aliphatic heterocycles. The van der Waals surface area contributed by atoms with Crippen LogP contribution in [0.1, 0.15) is 34.8 Å². The number of urea groups is 1. The van der Waals surface area contributed by atoms with Crippen LogP contribution >= 0.6 is 0 Å². The number of amides is 2. The molecule has 0 atom stereocenters. The number of carbonyl (C=O) groups excluding carboxylic acids is 2. The quantitative estimate of drug-likeness (QED) is 0.562. The number of nitrogens with one attached hydrogen (secondary N) is 2. The zero-order valence-corrected chi connectivity index (χ0v) is 15.1. The van der Waals surface area contributed by atoms with Gasteiger partial charge in [0, 0.05) is 6.54 Å². The smallest absolute Gasteiger partial charge is 0.337 e. The third-order valence-corrected chi connectivity index (χ3v) is 3.76. The van der Waals surface area contributed by atoms with Crippen LogP contribution in [0.3, 0.4) is 0 Å². The zero-order valence-electron chi connectivity index (χ0n) is 15.1. The van der Waals surface area contributed by atoms with Crippen molar-refractivity contribution < 1.29 is 19.1 Å². The monoisotopic (exact) mass is 356 g/mol. The highest BCUT2D eigenvalue weighted by Gasteiger charge is 2.05. The lowest BCUT2D eigenvalue weighted by atomic mass is 10.1. The molecule has 2 rings (SSSR count). The number of esters is 1. The first-order chi connectivity index (χ1) is 12.6. The van der Waals surface area contributed by atoms with Crippen molar-refractivity contribution in [3.8, 4) is 5.75 Å². The van der Waals surface area contributed by atoms with E-state index < -0.39 is 0 Å². The molecule has 0 fully saturated rings. The Hall–Kier alpha value is -3.02. The van der Waals surface area contributed by atoms with E-state index in [0.717, 1.165) is 18.4 Å². The summed E-state index contributed by atoms with van der Waals surface area (Å²) in [4.78, 5) is 23.2. The van der Waals surface area contributed by atoms with Crippen molar-refractivity contribution in [2.45, 2.75) is 26.3 Å². The highest BCUT2D eigenvalue weighted by molar-refractivity contribution is 5.89. The molecule has 2 aromatic rings. The average Bonchev–Trinajstić information content (AvgIpc) is 2.68. The van der Waals surface area contributed by atoms with Crippen molar-refractivity contribution >= 4 is 12.0 Å². The Morgan fingerprint density at radius 2 is 1.58 bits per heavy atom. The third-order valence-electron chi connectivity index (χ3n) is 3.76. The molecule has 0 unspecified atom stereocenters. The summed E-state index contributed by atoms with van der Waals surface area (Å²) < 4.78 is 10.1. The molecular formula is C20H24N2O4. The molecule has 0 saturated carbocycles. The summed E-state index contributed by atoms with van der Waals surface area (Å²) in [6, 6.07) is 14.4. The maximum atomic E-state index is 11.8. The van der Waals surface area contributed by atoms with E-state index in [4.69, 9.17) is 4.74 Å². The topological polar surface area (TPSA) is 76.7 Å². The van der Waals surface area contributed by atoms with Crippen LogP contribution in [0.4, 0.5) is 4.79 Å².